The van der Waals surface area contributed by atoms with Crippen LogP contribution in [0.5, 0.6) is 0 Å². The Morgan fingerprint density at radius 1 is 1.33 bits per heavy atom. The molecule has 1 aromatic rings. The number of nitrogens with one attached hydrogen (secondary N) is 1. The van der Waals surface area contributed by atoms with Crippen molar-refractivity contribution in [3.63, 3.8) is 0 Å². The summed E-state index contributed by atoms with van der Waals surface area (Å²) < 4.78 is 22.0. The quantitative estimate of drug-likeness (QED) is 0.798. The third-order valence-corrected chi connectivity index (χ3v) is 3.42. The number of hydrogen-bond acceptors (Lipinski definition) is 5. The van der Waals surface area contributed by atoms with Crippen molar-refractivity contribution < 1.29 is 8.42 Å². The van der Waals surface area contributed by atoms with E-state index in [-0.39, 0.29) is 11.7 Å². The van der Waals surface area contributed by atoms with Gasteiger partial charge in [-0.05, 0) is 13.3 Å². The van der Waals surface area contributed by atoms with Gasteiger partial charge in [-0.1, -0.05) is 13.8 Å². The van der Waals surface area contributed by atoms with Crippen LogP contribution in [-0.4, -0.2) is 36.9 Å². The summed E-state index contributed by atoms with van der Waals surface area (Å²) in [7, 11) is -2.88. The minimum Gasteiger partial charge on any atom is -0.370 e. The summed E-state index contributed by atoms with van der Waals surface area (Å²) >= 11 is 0. The Balaban J connectivity index is 2.57. The predicted molar refractivity (Wildman–Crippen MR) is 73.7 cm³/mol. The molecule has 1 heterocycles. The molecule has 0 radical (unpaired) electrons. The third kappa shape index (κ3) is 5.44. The molecule has 18 heavy (non-hydrogen) atoms. The Morgan fingerprint density at radius 2 is 2.00 bits per heavy atom. The molecule has 1 aromatic heterocycles. The molecular weight excluding hydrogens is 250 g/mol. The lowest BCUT2D eigenvalue weighted by Gasteiger charge is -2.10. The summed E-state index contributed by atoms with van der Waals surface area (Å²) in [4.78, 5) is 8.75. The fourth-order valence-electron chi connectivity index (χ4n) is 1.49. The second-order valence-electron chi connectivity index (χ2n) is 4.82. The van der Waals surface area contributed by atoms with Crippen LogP contribution < -0.4 is 5.32 Å². The molecule has 0 fully saturated rings. The van der Waals surface area contributed by atoms with Crippen LogP contribution in [0.1, 0.15) is 37.7 Å². The van der Waals surface area contributed by atoms with Crippen molar-refractivity contribution in [1.82, 2.24) is 9.97 Å². The van der Waals surface area contributed by atoms with Gasteiger partial charge in [0.1, 0.15) is 21.5 Å². The number of nitrogens with zero attached hydrogens (tertiary/aromatic N) is 2. The molecule has 1 N–H and O–H groups in total. The van der Waals surface area contributed by atoms with Gasteiger partial charge in [-0.15, -0.1) is 0 Å². The summed E-state index contributed by atoms with van der Waals surface area (Å²) in [6.07, 6.45) is 1.83. The Morgan fingerprint density at radius 3 is 2.56 bits per heavy atom. The lowest BCUT2D eigenvalue weighted by atomic mass is 10.2. The zero-order valence-corrected chi connectivity index (χ0v) is 12.2. The molecule has 102 valence electrons. The van der Waals surface area contributed by atoms with Gasteiger partial charge in [-0.25, -0.2) is 18.4 Å². The van der Waals surface area contributed by atoms with Crippen LogP contribution in [0.25, 0.3) is 0 Å². The molecule has 0 aliphatic rings. The molecule has 0 saturated heterocycles. The third-order valence-electron chi connectivity index (χ3n) is 2.39. The zero-order valence-electron chi connectivity index (χ0n) is 11.4. The highest BCUT2D eigenvalue weighted by Gasteiger charge is 2.06. The Kier molecular flexibility index (Phi) is 5.07. The molecule has 0 bridgehead atoms. The molecule has 0 saturated carbocycles. The summed E-state index contributed by atoms with van der Waals surface area (Å²) in [6.45, 7) is 6.61. The van der Waals surface area contributed by atoms with E-state index in [1.54, 1.807) is 0 Å². The summed E-state index contributed by atoms with van der Waals surface area (Å²) in [5, 5.41) is 3.14. The largest absolute Gasteiger partial charge is 0.370 e. The molecule has 0 atom stereocenters. The van der Waals surface area contributed by atoms with Crippen LogP contribution in [0.15, 0.2) is 6.07 Å². The van der Waals surface area contributed by atoms with Gasteiger partial charge in [-0.3, -0.25) is 0 Å². The van der Waals surface area contributed by atoms with Crippen LogP contribution in [-0.2, 0) is 9.84 Å². The fraction of sp³-hybridized carbons (Fsp3) is 0.667. The molecular formula is C12H21N3O2S. The standard InChI is InChI=1S/C12H21N3O2S/c1-9(2)12-14-10(3)8-11(15-12)13-6-5-7-18(4,16)17/h8-9H,5-7H2,1-4H3,(H,13,14,15). The predicted octanol–water partition coefficient (Wildman–Crippen LogP) is 1.76. The summed E-state index contributed by atoms with van der Waals surface area (Å²) in [5.74, 6) is 2.04. The fourth-order valence-corrected chi connectivity index (χ4v) is 2.16. The first-order valence-electron chi connectivity index (χ1n) is 6.05. The van der Waals surface area contributed by atoms with Gasteiger partial charge >= 0.3 is 0 Å². The minimum absolute atomic E-state index is 0.196. The molecule has 0 aliphatic heterocycles. The molecule has 0 aromatic carbocycles. The van der Waals surface area contributed by atoms with Crippen molar-refractivity contribution in [3.05, 3.63) is 17.6 Å². The normalized spacial score (nSPS) is 11.8. The SMILES string of the molecule is Cc1cc(NCCCS(C)(=O)=O)nc(C(C)C)n1. The summed E-state index contributed by atoms with van der Waals surface area (Å²) in [5.41, 5.74) is 0.916. The van der Waals surface area contributed by atoms with Crippen LogP contribution in [0.4, 0.5) is 5.82 Å². The average Bonchev–Trinajstić information content (AvgIpc) is 2.22. The Bertz CT molecular complexity index is 498. The first kappa shape index (κ1) is 14.9. The summed E-state index contributed by atoms with van der Waals surface area (Å²) in [6, 6.07) is 1.87. The van der Waals surface area contributed by atoms with Gasteiger partial charge < -0.3 is 5.32 Å². The highest BCUT2D eigenvalue weighted by Crippen LogP contribution is 2.13. The lowest BCUT2D eigenvalue weighted by molar-refractivity contribution is 0.600. The number of anilines is 1. The molecule has 1 rings (SSSR count). The molecule has 5 nitrogen and oxygen atoms in total. The smallest absolute Gasteiger partial charge is 0.147 e. The van der Waals surface area contributed by atoms with E-state index in [9.17, 15) is 8.42 Å². The van der Waals surface area contributed by atoms with E-state index in [1.807, 2.05) is 26.8 Å². The van der Waals surface area contributed by atoms with Crippen molar-refractivity contribution in [2.45, 2.75) is 33.1 Å². The molecule has 0 aliphatic carbocycles. The van der Waals surface area contributed by atoms with Crippen LogP contribution >= 0.6 is 0 Å². The molecule has 0 unspecified atom stereocenters. The Hall–Kier alpha value is -1.17. The second-order valence-corrected chi connectivity index (χ2v) is 7.08. The number of rotatable bonds is 6. The molecule has 0 spiro atoms. The maximum atomic E-state index is 11.0. The maximum absolute atomic E-state index is 11.0. The second kappa shape index (κ2) is 6.13. The Labute approximate surface area is 109 Å². The average molecular weight is 271 g/mol. The van der Waals surface area contributed by atoms with E-state index >= 15 is 0 Å². The van der Waals surface area contributed by atoms with E-state index in [2.05, 4.69) is 15.3 Å². The molecule has 6 heteroatoms. The van der Waals surface area contributed by atoms with Crippen molar-refractivity contribution >= 4 is 15.7 Å². The monoisotopic (exact) mass is 271 g/mol. The van der Waals surface area contributed by atoms with Crippen molar-refractivity contribution in [2.75, 3.05) is 23.9 Å². The number of hydrogen-bond donors (Lipinski definition) is 1. The number of aryl methyl sites for hydroxylation is 1. The van der Waals surface area contributed by atoms with Crippen molar-refractivity contribution in [1.29, 1.82) is 0 Å². The van der Waals surface area contributed by atoms with Gasteiger partial charge in [-0.2, -0.15) is 0 Å². The number of aromatic nitrogens is 2. The highest BCUT2D eigenvalue weighted by molar-refractivity contribution is 7.90. The van der Waals surface area contributed by atoms with Crippen molar-refractivity contribution in [2.24, 2.45) is 0 Å². The van der Waals surface area contributed by atoms with E-state index in [4.69, 9.17) is 0 Å². The van der Waals surface area contributed by atoms with Gasteiger partial charge in [0.25, 0.3) is 0 Å². The van der Waals surface area contributed by atoms with E-state index in [1.165, 1.54) is 6.26 Å². The maximum Gasteiger partial charge on any atom is 0.147 e. The number of sulfone groups is 1. The van der Waals surface area contributed by atoms with E-state index in [0.717, 1.165) is 17.3 Å². The van der Waals surface area contributed by atoms with Crippen LogP contribution in [0.2, 0.25) is 0 Å². The van der Waals surface area contributed by atoms with E-state index in [0.29, 0.717) is 13.0 Å². The van der Waals surface area contributed by atoms with Gasteiger partial charge in [0.05, 0.1) is 5.75 Å². The topological polar surface area (TPSA) is 72.0 Å². The zero-order chi connectivity index (χ0) is 13.8. The minimum atomic E-state index is -2.88. The molecule has 0 amide bonds. The van der Waals surface area contributed by atoms with Crippen LogP contribution in [0.3, 0.4) is 0 Å². The van der Waals surface area contributed by atoms with Crippen LogP contribution in [0, 0.1) is 6.92 Å². The van der Waals surface area contributed by atoms with Crippen molar-refractivity contribution in [3.8, 4) is 0 Å². The van der Waals surface area contributed by atoms with Gasteiger partial charge in [0, 0.05) is 30.5 Å². The van der Waals surface area contributed by atoms with Gasteiger partial charge in [0.15, 0.2) is 0 Å². The van der Waals surface area contributed by atoms with E-state index < -0.39 is 9.84 Å². The first-order chi connectivity index (χ1) is 8.28. The first-order valence-corrected chi connectivity index (χ1v) is 8.11. The highest BCUT2D eigenvalue weighted by atomic mass is 32.2. The van der Waals surface area contributed by atoms with Gasteiger partial charge in [0.2, 0.25) is 0 Å². The lowest BCUT2D eigenvalue weighted by Crippen LogP contribution is -2.11.